The van der Waals surface area contributed by atoms with Gasteiger partial charge in [-0.05, 0) is 19.3 Å². The van der Waals surface area contributed by atoms with Gasteiger partial charge in [-0.1, -0.05) is 12.2 Å². The zero-order valence-corrected chi connectivity index (χ0v) is 9.00. The summed E-state index contributed by atoms with van der Waals surface area (Å²) in [7, 11) is 1.69. The quantitative estimate of drug-likeness (QED) is 0.496. The third-order valence-corrected chi connectivity index (χ3v) is 2.38. The number of nitrogens with one attached hydrogen (secondary N) is 1. The van der Waals surface area contributed by atoms with Gasteiger partial charge in [0.25, 0.3) is 0 Å². The molecule has 0 aromatic carbocycles. The highest BCUT2D eigenvalue weighted by Crippen LogP contribution is 2.09. The average molecular weight is 199 g/mol. The van der Waals surface area contributed by atoms with Gasteiger partial charge in [-0.3, -0.25) is 0 Å². The van der Waals surface area contributed by atoms with Crippen molar-refractivity contribution in [3.05, 3.63) is 12.2 Å². The molecule has 82 valence electrons. The number of hydrogen-bond acceptors (Lipinski definition) is 3. The smallest absolute Gasteiger partial charge is 0.0700 e. The minimum absolute atomic E-state index is 0.658. The lowest BCUT2D eigenvalue weighted by atomic mass is 10.0. The molecule has 0 heterocycles. The van der Waals surface area contributed by atoms with Gasteiger partial charge in [-0.2, -0.15) is 0 Å². The molecule has 0 aliphatic heterocycles. The molecular weight excluding hydrogens is 178 g/mol. The largest absolute Gasteiger partial charge is 0.382 e. The molecule has 3 nitrogen and oxygen atoms in total. The van der Waals surface area contributed by atoms with Gasteiger partial charge in [-0.15, -0.1) is 0 Å². The highest BCUT2D eigenvalue weighted by molar-refractivity contribution is 4.92. The van der Waals surface area contributed by atoms with Crippen molar-refractivity contribution in [2.75, 3.05) is 33.5 Å². The van der Waals surface area contributed by atoms with Crippen molar-refractivity contribution >= 4 is 0 Å². The highest BCUT2D eigenvalue weighted by Gasteiger charge is 2.07. The molecule has 0 fully saturated rings. The summed E-state index contributed by atoms with van der Waals surface area (Å²) in [6, 6.07) is 0.658. The average Bonchev–Trinajstić information content (AvgIpc) is 2.25. The van der Waals surface area contributed by atoms with E-state index in [-0.39, 0.29) is 0 Å². The summed E-state index contributed by atoms with van der Waals surface area (Å²) in [6.45, 7) is 3.11. The van der Waals surface area contributed by atoms with E-state index in [4.69, 9.17) is 9.47 Å². The molecule has 1 unspecified atom stereocenters. The molecule has 0 bridgehead atoms. The second-order valence-electron chi connectivity index (χ2n) is 3.54. The van der Waals surface area contributed by atoms with E-state index in [0.717, 1.165) is 19.6 Å². The van der Waals surface area contributed by atoms with Crippen LogP contribution in [0.5, 0.6) is 0 Å². The molecule has 1 aliphatic carbocycles. The van der Waals surface area contributed by atoms with Gasteiger partial charge in [0.05, 0.1) is 19.8 Å². The van der Waals surface area contributed by atoms with Crippen LogP contribution >= 0.6 is 0 Å². The molecule has 1 rings (SSSR count). The van der Waals surface area contributed by atoms with Crippen molar-refractivity contribution < 1.29 is 9.47 Å². The maximum atomic E-state index is 5.36. The third kappa shape index (κ3) is 5.37. The van der Waals surface area contributed by atoms with Crippen LogP contribution in [0.1, 0.15) is 19.3 Å². The van der Waals surface area contributed by atoms with Crippen LogP contribution < -0.4 is 5.32 Å². The molecule has 0 spiro atoms. The predicted octanol–water partition coefficient (Wildman–Crippen LogP) is 1.35. The first-order valence-electron chi connectivity index (χ1n) is 5.38. The fraction of sp³-hybridized carbons (Fsp3) is 0.818. The molecule has 1 aliphatic rings. The van der Waals surface area contributed by atoms with Crippen molar-refractivity contribution in [1.29, 1.82) is 0 Å². The molecule has 3 heteroatoms. The van der Waals surface area contributed by atoms with Crippen LogP contribution in [0.25, 0.3) is 0 Å². The van der Waals surface area contributed by atoms with Crippen molar-refractivity contribution in [3.63, 3.8) is 0 Å². The normalized spacial score (nSPS) is 21.4. The Kier molecular flexibility index (Phi) is 6.66. The van der Waals surface area contributed by atoms with E-state index >= 15 is 0 Å². The van der Waals surface area contributed by atoms with Crippen LogP contribution in [0.15, 0.2) is 12.2 Å². The molecule has 14 heavy (non-hydrogen) atoms. The molecular formula is C11H21NO2. The SMILES string of the molecule is COCCOCCNC1CC=CCC1. The molecule has 0 aromatic rings. The zero-order valence-electron chi connectivity index (χ0n) is 9.00. The summed E-state index contributed by atoms with van der Waals surface area (Å²) < 4.78 is 10.2. The van der Waals surface area contributed by atoms with E-state index in [0.29, 0.717) is 19.3 Å². The van der Waals surface area contributed by atoms with Crippen LogP contribution in [0.2, 0.25) is 0 Å². The second-order valence-corrected chi connectivity index (χ2v) is 3.54. The molecule has 0 radical (unpaired) electrons. The van der Waals surface area contributed by atoms with Crippen molar-refractivity contribution in [2.24, 2.45) is 0 Å². The van der Waals surface area contributed by atoms with Gasteiger partial charge >= 0.3 is 0 Å². The fourth-order valence-corrected chi connectivity index (χ4v) is 1.56. The lowest BCUT2D eigenvalue weighted by Crippen LogP contribution is -2.32. The monoisotopic (exact) mass is 199 g/mol. The summed E-state index contributed by atoms with van der Waals surface area (Å²) >= 11 is 0. The highest BCUT2D eigenvalue weighted by atomic mass is 16.5. The van der Waals surface area contributed by atoms with E-state index in [1.165, 1.54) is 12.8 Å². The lowest BCUT2D eigenvalue weighted by Gasteiger charge is -2.19. The summed E-state index contributed by atoms with van der Waals surface area (Å²) in [4.78, 5) is 0. The molecule has 0 amide bonds. The Labute approximate surface area is 86.5 Å². The molecule has 0 saturated heterocycles. The van der Waals surface area contributed by atoms with Gasteiger partial charge in [0.2, 0.25) is 0 Å². The maximum Gasteiger partial charge on any atom is 0.0700 e. The molecule has 1 N–H and O–H groups in total. The van der Waals surface area contributed by atoms with E-state index < -0.39 is 0 Å². The fourth-order valence-electron chi connectivity index (χ4n) is 1.56. The third-order valence-electron chi connectivity index (χ3n) is 2.38. The number of allylic oxidation sites excluding steroid dienone is 1. The predicted molar refractivity (Wildman–Crippen MR) is 57.5 cm³/mol. The van der Waals surface area contributed by atoms with Crippen LogP contribution in [0, 0.1) is 0 Å². The first-order valence-corrected chi connectivity index (χ1v) is 5.38. The Hall–Kier alpha value is -0.380. The van der Waals surface area contributed by atoms with E-state index in [1.807, 2.05) is 0 Å². The number of ether oxygens (including phenoxy) is 2. The Morgan fingerprint density at radius 1 is 1.29 bits per heavy atom. The topological polar surface area (TPSA) is 30.5 Å². The maximum absolute atomic E-state index is 5.36. The molecule has 0 aromatic heterocycles. The lowest BCUT2D eigenvalue weighted by molar-refractivity contribution is 0.0709. The van der Waals surface area contributed by atoms with Gasteiger partial charge in [-0.25, -0.2) is 0 Å². The minimum Gasteiger partial charge on any atom is -0.382 e. The number of hydrogen-bond donors (Lipinski definition) is 1. The zero-order chi connectivity index (χ0) is 10.1. The van der Waals surface area contributed by atoms with E-state index in [2.05, 4.69) is 17.5 Å². The van der Waals surface area contributed by atoms with Crippen LogP contribution in [-0.4, -0.2) is 39.5 Å². The van der Waals surface area contributed by atoms with E-state index in [9.17, 15) is 0 Å². The van der Waals surface area contributed by atoms with Gasteiger partial charge < -0.3 is 14.8 Å². The first kappa shape index (κ1) is 11.7. The molecule has 0 saturated carbocycles. The Balaban J connectivity index is 1.86. The van der Waals surface area contributed by atoms with Crippen molar-refractivity contribution in [1.82, 2.24) is 5.32 Å². The first-order chi connectivity index (χ1) is 6.93. The number of rotatable bonds is 7. The van der Waals surface area contributed by atoms with Crippen molar-refractivity contribution in [3.8, 4) is 0 Å². The van der Waals surface area contributed by atoms with Crippen LogP contribution in [0.4, 0.5) is 0 Å². The van der Waals surface area contributed by atoms with Crippen LogP contribution in [-0.2, 0) is 9.47 Å². The summed E-state index contributed by atoms with van der Waals surface area (Å²) in [5, 5.41) is 3.48. The Morgan fingerprint density at radius 3 is 2.93 bits per heavy atom. The van der Waals surface area contributed by atoms with Gasteiger partial charge in [0.1, 0.15) is 0 Å². The van der Waals surface area contributed by atoms with Gasteiger partial charge in [0.15, 0.2) is 0 Å². The second kappa shape index (κ2) is 7.97. The summed E-state index contributed by atoms with van der Waals surface area (Å²) in [5.74, 6) is 0. The van der Waals surface area contributed by atoms with Crippen LogP contribution in [0.3, 0.4) is 0 Å². The summed E-state index contributed by atoms with van der Waals surface area (Å²) in [5.41, 5.74) is 0. The minimum atomic E-state index is 0.658. The van der Waals surface area contributed by atoms with Gasteiger partial charge in [0, 0.05) is 19.7 Å². The Bertz CT molecular complexity index is 159. The summed E-state index contributed by atoms with van der Waals surface area (Å²) in [6.07, 6.45) is 8.15. The van der Waals surface area contributed by atoms with Crippen molar-refractivity contribution in [2.45, 2.75) is 25.3 Å². The Morgan fingerprint density at radius 2 is 2.21 bits per heavy atom. The number of methoxy groups -OCH3 is 1. The molecule has 1 atom stereocenters. The van der Waals surface area contributed by atoms with E-state index in [1.54, 1.807) is 7.11 Å². The standard InChI is InChI=1S/C11H21NO2/c1-13-9-10-14-8-7-12-11-5-3-2-4-6-11/h2-3,11-12H,4-10H2,1H3.